The minimum absolute atomic E-state index is 0.170. The van der Waals surface area contributed by atoms with E-state index in [0.717, 1.165) is 25.7 Å². The van der Waals surface area contributed by atoms with Crippen molar-refractivity contribution in [1.29, 1.82) is 0 Å². The highest BCUT2D eigenvalue weighted by Gasteiger charge is 2.32. The standard InChI is InChI=1S/C20H30N4O3/c1-14-7-5-8-16(15(14)2)23-18(25)13-27-19(26)17-9-3-4-12-24(17)20-21-10-6-11-22-20/h6,10-11,14-17H,3-5,7-9,12-13H2,1-2H3,(H,23,25). The fraction of sp³-hybridized carbons (Fsp3) is 0.700. The molecule has 3 rings (SSSR count). The third kappa shape index (κ3) is 4.96. The highest BCUT2D eigenvalue weighted by Crippen LogP contribution is 2.29. The van der Waals surface area contributed by atoms with Gasteiger partial charge >= 0.3 is 5.97 Å². The quantitative estimate of drug-likeness (QED) is 0.796. The number of carbonyl (C=O) groups excluding carboxylic acids is 2. The van der Waals surface area contributed by atoms with Crippen LogP contribution in [0.5, 0.6) is 0 Å². The zero-order valence-corrected chi connectivity index (χ0v) is 16.3. The van der Waals surface area contributed by atoms with E-state index in [0.29, 0.717) is 30.7 Å². The molecule has 1 aliphatic carbocycles. The topological polar surface area (TPSA) is 84.4 Å². The molecule has 1 N–H and O–H groups in total. The van der Waals surface area contributed by atoms with Gasteiger partial charge in [-0.2, -0.15) is 0 Å². The summed E-state index contributed by atoms with van der Waals surface area (Å²) in [4.78, 5) is 35.3. The van der Waals surface area contributed by atoms with Crippen molar-refractivity contribution in [3.05, 3.63) is 18.5 Å². The Morgan fingerprint density at radius 2 is 1.93 bits per heavy atom. The zero-order valence-electron chi connectivity index (χ0n) is 16.3. The van der Waals surface area contributed by atoms with Gasteiger partial charge in [0.2, 0.25) is 5.95 Å². The average Bonchev–Trinajstić information content (AvgIpc) is 2.70. The highest BCUT2D eigenvalue weighted by molar-refractivity contribution is 5.84. The Labute approximate surface area is 160 Å². The zero-order chi connectivity index (χ0) is 19.2. The van der Waals surface area contributed by atoms with Crippen LogP contribution >= 0.6 is 0 Å². The number of hydrogen-bond acceptors (Lipinski definition) is 6. The van der Waals surface area contributed by atoms with Crippen molar-refractivity contribution in [3.63, 3.8) is 0 Å². The number of rotatable bonds is 5. The number of aromatic nitrogens is 2. The van der Waals surface area contributed by atoms with Crippen LogP contribution in [0.1, 0.15) is 52.4 Å². The van der Waals surface area contributed by atoms with Gasteiger partial charge in [-0.3, -0.25) is 4.79 Å². The van der Waals surface area contributed by atoms with Gasteiger partial charge in [0.05, 0.1) is 0 Å². The second kappa shape index (κ2) is 9.15. The maximum Gasteiger partial charge on any atom is 0.329 e. The molecule has 0 bridgehead atoms. The van der Waals surface area contributed by atoms with Crippen molar-refractivity contribution >= 4 is 17.8 Å². The summed E-state index contributed by atoms with van der Waals surface area (Å²) < 4.78 is 5.35. The van der Waals surface area contributed by atoms with Crippen LogP contribution in [0.25, 0.3) is 0 Å². The van der Waals surface area contributed by atoms with Gasteiger partial charge in [0.15, 0.2) is 6.61 Å². The second-order valence-electron chi connectivity index (χ2n) is 7.80. The minimum Gasteiger partial charge on any atom is -0.454 e. The molecule has 4 atom stereocenters. The first-order chi connectivity index (χ1) is 13.1. The molecule has 4 unspecified atom stereocenters. The third-order valence-electron chi connectivity index (χ3n) is 5.98. The molecular formula is C20H30N4O3. The predicted molar refractivity (Wildman–Crippen MR) is 102 cm³/mol. The first kappa shape index (κ1) is 19.6. The Morgan fingerprint density at radius 3 is 2.70 bits per heavy atom. The lowest BCUT2D eigenvalue weighted by Crippen LogP contribution is -2.48. The van der Waals surface area contributed by atoms with Crippen molar-refractivity contribution < 1.29 is 14.3 Å². The molecule has 1 aromatic rings. The lowest BCUT2D eigenvalue weighted by molar-refractivity contribution is -0.150. The normalized spacial score (nSPS) is 28.4. The maximum atomic E-state index is 12.6. The van der Waals surface area contributed by atoms with Gasteiger partial charge in [-0.25, -0.2) is 14.8 Å². The summed E-state index contributed by atoms with van der Waals surface area (Å²) >= 11 is 0. The SMILES string of the molecule is CC1CCCC(NC(=O)COC(=O)C2CCCCN2c2ncccn2)C1C. The van der Waals surface area contributed by atoms with E-state index in [2.05, 4.69) is 29.1 Å². The van der Waals surface area contributed by atoms with E-state index in [9.17, 15) is 9.59 Å². The Balaban J connectivity index is 1.52. The molecule has 148 valence electrons. The molecule has 2 aliphatic rings. The third-order valence-corrected chi connectivity index (χ3v) is 5.98. The van der Waals surface area contributed by atoms with E-state index in [-0.39, 0.29) is 24.5 Å². The summed E-state index contributed by atoms with van der Waals surface area (Å²) in [6, 6.07) is 1.49. The Morgan fingerprint density at radius 1 is 1.15 bits per heavy atom. The van der Waals surface area contributed by atoms with E-state index < -0.39 is 6.04 Å². The van der Waals surface area contributed by atoms with Crippen LogP contribution in [0.3, 0.4) is 0 Å². The number of nitrogens with zero attached hydrogens (tertiary/aromatic N) is 3. The van der Waals surface area contributed by atoms with E-state index in [1.54, 1.807) is 18.5 Å². The molecule has 1 amide bonds. The van der Waals surface area contributed by atoms with Crippen molar-refractivity contribution in [1.82, 2.24) is 15.3 Å². The molecule has 0 aromatic carbocycles. The van der Waals surface area contributed by atoms with Crippen LogP contribution in [-0.2, 0) is 14.3 Å². The number of esters is 1. The summed E-state index contributed by atoms with van der Waals surface area (Å²) in [6.07, 6.45) is 9.29. The molecule has 2 fully saturated rings. The summed E-state index contributed by atoms with van der Waals surface area (Å²) in [5, 5.41) is 3.05. The summed E-state index contributed by atoms with van der Waals surface area (Å²) in [7, 11) is 0. The van der Waals surface area contributed by atoms with E-state index in [1.165, 1.54) is 6.42 Å². The molecule has 0 radical (unpaired) electrons. The number of ether oxygens (including phenoxy) is 1. The molecule has 1 aliphatic heterocycles. The molecular weight excluding hydrogens is 344 g/mol. The van der Waals surface area contributed by atoms with Gasteiger partial charge < -0.3 is 15.0 Å². The monoisotopic (exact) mass is 374 g/mol. The van der Waals surface area contributed by atoms with Gasteiger partial charge in [0.25, 0.3) is 5.91 Å². The average molecular weight is 374 g/mol. The fourth-order valence-corrected chi connectivity index (χ4v) is 4.12. The number of piperidine rings is 1. The first-order valence-electron chi connectivity index (χ1n) is 10.1. The smallest absolute Gasteiger partial charge is 0.329 e. The van der Waals surface area contributed by atoms with Gasteiger partial charge in [0.1, 0.15) is 6.04 Å². The van der Waals surface area contributed by atoms with Crippen molar-refractivity contribution in [2.45, 2.75) is 64.5 Å². The largest absolute Gasteiger partial charge is 0.454 e. The van der Waals surface area contributed by atoms with Crippen LogP contribution in [-0.4, -0.2) is 47.1 Å². The van der Waals surface area contributed by atoms with Crippen LogP contribution in [0, 0.1) is 11.8 Å². The maximum absolute atomic E-state index is 12.6. The molecule has 0 spiro atoms. The lowest BCUT2D eigenvalue weighted by Gasteiger charge is -2.35. The van der Waals surface area contributed by atoms with Crippen molar-refractivity contribution in [2.24, 2.45) is 11.8 Å². The number of anilines is 1. The molecule has 2 heterocycles. The van der Waals surface area contributed by atoms with E-state index in [1.807, 2.05) is 4.90 Å². The summed E-state index contributed by atoms with van der Waals surface area (Å²) in [5.41, 5.74) is 0. The van der Waals surface area contributed by atoms with Gasteiger partial charge in [-0.1, -0.05) is 26.7 Å². The fourth-order valence-electron chi connectivity index (χ4n) is 4.12. The Bertz CT molecular complexity index is 639. The highest BCUT2D eigenvalue weighted by atomic mass is 16.5. The van der Waals surface area contributed by atoms with Crippen molar-refractivity contribution in [2.75, 3.05) is 18.1 Å². The van der Waals surface area contributed by atoms with Gasteiger partial charge in [0, 0.05) is 25.0 Å². The molecule has 7 heteroatoms. The van der Waals surface area contributed by atoms with Gasteiger partial charge in [-0.15, -0.1) is 0 Å². The number of carbonyl (C=O) groups is 2. The van der Waals surface area contributed by atoms with Crippen molar-refractivity contribution in [3.8, 4) is 0 Å². The van der Waals surface area contributed by atoms with Crippen LogP contribution < -0.4 is 10.2 Å². The minimum atomic E-state index is -0.428. The molecule has 1 saturated carbocycles. The first-order valence-corrected chi connectivity index (χ1v) is 10.1. The summed E-state index contributed by atoms with van der Waals surface area (Å²) in [6.45, 7) is 4.90. The van der Waals surface area contributed by atoms with Crippen LogP contribution in [0.2, 0.25) is 0 Å². The van der Waals surface area contributed by atoms with Crippen LogP contribution in [0.15, 0.2) is 18.5 Å². The Kier molecular flexibility index (Phi) is 6.63. The number of amides is 1. The Hall–Kier alpha value is -2.18. The predicted octanol–water partition coefficient (Wildman–Crippen LogP) is 2.32. The lowest BCUT2D eigenvalue weighted by atomic mass is 9.78. The number of hydrogen-bond donors (Lipinski definition) is 1. The molecule has 1 saturated heterocycles. The second-order valence-corrected chi connectivity index (χ2v) is 7.80. The molecule has 7 nitrogen and oxygen atoms in total. The summed E-state index contributed by atoms with van der Waals surface area (Å²) in [5.74, 6) is 0.999. The van der Waals surface area contributed by atoms with Gasteiger partial charge in [-0.05, 0) is 43.6 Å². The number of nitrogens with one attached hydrogen (secondary N) is 1. The van der Waals surface area contributed by atoms with Crippen LogP contribution in [0.4, 0.5) is 5.95 Å². The van der Waals surface area contributed by atoms with E-state index >= 15 is 0 Å². The molecule has 27 heavy (non-hydrogen) atoms. The van der Waals surface area contributed by atoms with E-state index in [4.69, 9.17) is 4.74 Å². The molecule has 1 aromatic heterocycles.